The van der Waals surface area contributed by atoms with E-state index in [-0.39, 0.29) is 17.5 Å². The quantitative estimate of drug-likeness (QED) is 0.779. The summed E-state index contributed by atoms with van der Waals surface area (Å²) in [6.45, 7) is 5.33. The third-order valence-corrected chi connectivity index (χ3v) is 4.00. The van der Waals surface area contributed by atoms with Crippen molar-refractivity contribution in [3.05, 3.63) is 23.8 Å². The van der Waals surface area contributed by atoms with Crippen molar-refractivity contribution in [1.29, 1.82) is 0 Å². The van der Waals surface area contributed by atoms with Crippen LogP contribution in [0.1, 0.15) is 31.4 Å². The third kappa shape index (κ3) is 3.61. The average molecular weight is 264 g/mol. The van der Waals surface area contributed by atoms with Crippen LogP contribution in [0.5, 0.6) is 11.5 Å². The van der Waals surface area contributed by atoms with Gasteiger partial charge in [0.2, 0.25) is 0 Å². The molecular formula is C15H24N2O2. The van der Waals surface area contributed by atoms with Gasteiger partial charge in [0, 0.05) is 18.7 Å². The Morgan fingerprint density at radius 1 is 1.32 bits per heavy atom. The molecule has 1 aromatic carbocycles. The molecule has 0 radical (unpaired) electrons. The maximum Gasteiger partial charge on any atom is 0.119 e. The zero-order valence-electron chi connectivity index (χ0n) is 11.8. The van der Waals surface area contributed by atoms with Crippen molar-refractivity contribution in [3.63, 3.8) is 0 Å². The summed E-state index contributed by atoms with van der Waals surface area (Å²) < 4.78 is 0. The van der Waals surface area contributed by atoms with Crippen molar-refractivity contribution < 1.29 is 10.2 Å². The number of phenolic OH excluding ortho intramolecular Hbond substituents is 2. The Hall–Kier alpha value is -1.26. The monoisotopic (exact) mass is 264 g/mol. The van der Waals surface area contributed by atoms with Crippen molar-refractivity contribution in [2.45, 2.75) is 25.8 Å². The van der Waals surface area contributed by atoms with E-state index in [2.05, 4.69) is 17.1 Å². The van der Waals surface area contributed by atoms with Crippen molar-refractivity contribution in [2.24, 2.45) is 5.92 Å². The fourth-order valence-electron chi connectivity index (χ4n) is 2.97. The molecule has 0 bridgehead atoms. The smallest absolute Gasteiger partial charge is 0.119 e. The average Bonchev–Trinajstić information content (AvgIpc) is 2.37. The minimum atomic E-state index is 0.130. The summed E-state index contributed by atoms with van der Waals surface area (Å²) in [4.78, 5) is 2.43. The molecule has 106 valence electrons. The molecule has 0 saturated carbocycles. The number of piperidine rings is 1. The molecule has 1 heterocycles. The summed E-state index contributed by atoms with van der Waals surface area (Å²) >= 11 is 0. The van der Waals surface area contributed by atoms with Gasteiger partial charge in [-0.3, -0.25) is 4.90 Å². The van der Waals surface area contributed by atoms with Crippen LogP contribution in [0.15, 0.2) is 18.2 Å². The molecule has 2 unspecified atom stereocenters. The van der Waals surface area contributed by atoms with Crippen LogP contribution in [0.4, 0.5) is 0 Å². The summed E-state index contributed by atoms with van der Waals surface area (Å²) in [5, 5.41) is 22.4. The van der Waals surface area contributed by atoms with Gasteiger partial charge in [-0.15, -0.1) is 0 Å². The first kappa shape index (κ1) is 14.2. The van der Waals surface area contributed by atoms with Crippen LogP contribution in [-0.2, 0) is 0 Å². The largest absolute Gasteiger partial charge is 0.508 e. The van der Waals surface area contributed by atoms with Gasteiger partial charge < -0.3 is 15.5 Å². The van der Waals surface area contributed by atoms with Crippen LogP contribution in [0, 0.1) is 5.92 Å². The zero-order valence-corrected chi connectivity index (χ0v) is 11.8. The van der Waals surface area contributed by atoms with E-state index in [0.29, 0.717) is 5.92 Å². The molecule has 1 fully saturated rings. The summed E-state index contributed by atoms with van der Waals surface area (Å²) in [6, 6.07) is 5.08. The predicted molar refractivity (Wildman–Crippen MR) is 76.4 cm³/mol. The minimum absolute atomic E-state index is 0.130. The first-order valence-electron chi connectivity index (χ1n) is 7.01. The van der Waals surface area contributed by atoms with Gasteiger partial charge in [-0.1, -0.05) is 0 Å². The van der Waals surface area contributed by atoms with Crippen LogP contribution < -0.4 is 5.32 Å². The van der Waals surface area contributed by atoms with Gasteiger partial charge in [0.1, 0.15) is 11.5 Å². The molecule has 0 amide bonds. The van der Waals surface area contributed by atoms with E-state index < -0.39 is 0 Å². The number of aromatic hydroxyl groups is 2. The summed E-state index contributed by atoms with van der Waals surface area (Å²) in [6.07, 6.45) is 2.48. The highest BCUT2D eigenvalue weighted by Gasteiger charge is 2.24. The fourth-order valence-corrected chi connectivity index (χ4v) is 2.97. The van der Waals surface area contributed by atoms with Gasteiger partial charge in [-0.2, -0.15) is 0 Å². The van der Waals surface area contributed by atoms with Crippen LogP contribution in [0.3, 0.4) is 0 Å². The molecule has 0 spiro atoms. The number of likely N-dealkylation sites (tertiary alicyclic amines) is 1. The first-order chi connectivity index (χ1) is 9.10. The van der Waals surface area contributed by atoms with Crippen molar-refractivity contribution in [1.82, 2.24) is 10.2 Å². The van der Waals surface area contributed by atoms with E-state index in [0.717, 1.165) is 25.2 Å². The predicted octanol–water partition coefficient (Wildman–Crippen LogP) is 2.09. The normalized spacial score (nSPS) is 22.3. The highest BCUT2D eigenvalue weighted by Crippen LogP contribution is 2.30. The maximum atomic E-state index is 9.59. The van der Waals surface area contributed by atoms with Crippen molar-refractivity contribution in [2.75, 3.05) is 26.7 Å². The van der Waals surface area contributed by atoms with E-state index in [9.17, 15) is 10.2 Å². The lowest BCUT2D eigenvalue weighted by Crippen LogP contribution is -2.40. The summed E-state index contributed by atoms with van der Waals surface area (Å²) in [5.74, 6) is 0.948. The topological polar surface area (TPSA) is 55.7 Å². The van der Waals surface area contributed by atoms with E-state index in [4.69, 9.17) is 0 Å². The van der Waals surface area contributed by atoms with Gasteiger partial charge in [0.15, 0.2) is 0 Å². The van der Waals surface area contributed by atoms with Crippen molar-refractivity contribution >= 4 is 0 Å². The molecule has 4 nitrogen and oxygen atoms in total. The van der Waals surface area contributed by atoms with Crippen LogP contribution in [0.2, 0.25) is 0 Å². The second kappa shape index (κ2) is 6.26. The Balaban J connectivity index is 2.07. The molecule has 0 aliphatic carbocycles. The molecule has 0 aromatic heterocycles. The molecule has 2 rings (SSSR count). The molecule has 3 N–H and O–H groups in total. The standard InChI is InChI=1S/C15H24N2O2/c1-11(13-6-14(18)8-15(19)7-13)17-5-3-4-12(10-17)9-16-2/h6-8,11-12,16,18-19H,3-5,9-10H2,1-2H3. The number of nitrogens with one attached hydrogen (secondary N) is 1. The van der Waals surface area contributed by atoms with E-state index >= 15 is 0 Å². The molecule has 1 aromatic rings. The molecule has 1 aliphatic heterocycles. The van der Waals surface area contributed by atoms with Gasteiger partial charge in [0.05, 0.1) is 0 Å². The lowest BCUT2D eigenvalue weighted by Gasteiger charge is -2.37. The molecule has 4 heteroatoms. The second-order valence-electron chi connectivity index (χ2n) is 5.52. The Morgan fingerprint density at radius 2 is 2.00 bits per heavy atom. The number of rotatable bonds is 4. The van der Waals surface area contributed by atoms with Gasteiger partial charge in [0.25, 0.3) is 0 Å². The SMILES string of the molecule is CNCC1CCCN(C(C)c2cc(O)cc(O)c2)C1. The second-order valence-corrected chi connectivity index (χ2v) is 5.52. The van der Waals surface area contributed by atoms with Gasteiger partial charge in [-0.25, -0.2) is 0 Å². The summed E-state index contributed by atoms with van der Waals surface area (Å²) in [5.41, 5.74) is 0.975. The van der Waals surface area contributed by atoms with E-state index in [1.165, 1.54) is 18.9 Å². The van der Waals surface area contributed by atoms with Crippen LogP contribution in [-0.4, -0.2) is 41.8 Å². The Morgan fingerprint density at radius 3 is 2.63 bits per heavy atom. The van der Waals surface area contributed by atoms with Gasteiger partial charge >= 0.3 is 0 Å². The lowest BCUT2D eigenvalue weighted by atomic mass is 9.95. The maximum absolute atomic E-state index is 9.59. The van der Waals surface area contributed by atoms with E-state index in [1.807, 2.05) is 7.05 Å². The summed E-state index contributed by atoms with van der Waals surface area (Å²) in [7, 11) is 2.00. The fraction of sp³-hybridized carbons (Fsp3) is 0.600. The Kier molecular flexibility index (Phi) is 4.66. The van der Waals surface area contributed by atoms with E-state index in [1.54, 1.807) is 12.1 Å². The number of nitrogens with zero attached hydrogens (tertiary/aromatic N) is 1. The van der Waals surface area contributed by atoms with Crippen LogP contribution >= 0.6 is 0 Å². The Labute approximate surface area is 115 Å². The number of benzene rings is 1. The van der Waals surface area contributed by atoms with Crippen LogP contribution in [0.25, 0.3) is 0 Å². The number of phenols is 2. The zero-order chi connectivity index (χ0) is 13.8. The van der Waals surface area contributed by atoms with Gasteiger partial charge in [-0.05, 0) is 63.5 Å². The Bertz CT molecular complexity index is 400. The highest BCUT2D eigenvalue weighted by molar-refractivity contribution is 5.38. The van der Waals surface area contributed by atoms with Crippen molar-refractivity contribution in [3.8, 4) is 11.5 Å². The first-order valence-corrected chi connectivity index (χ1v) is 7.01. The number of hydrogen-bond acceptors (Lipinski definition) is 4. The number of hydrogen-bond donors (Lipinski definition) is 3. The molecule has 1 saturated heterocycles. The molecule has 2 atom stereocenters. The minimum Gasteiger partial charge on any atom is -0.508 e. The molecule has 1 aliphatic rings. The molecular weight excluding hydrogens is 240 g/mol. The third-order valence-electron chi connectivity index (χ3n) is 4.00. The lowest BCUT2D eigenvalue weighted by molar-refractivity contribution is 0.131. The molecule has 19 heavy (non-hydrogen) atoms. The highest BCUT2D eigenvalue weighted by atomic mass is 16.3.